The van der Waals surface area contributed by atoms with Crippen LogP contribution < -0.4 is 0 Å². The van der Waals surface area contributed by atoms with E-state index >= 15 is 0 Å². The van der Waals surface area contributed by atoms with E-state index in [4.69, 9.17) is 4.74 Å². The summed E-state index contributed by atoms with van der Waals surface area (Å²) in [5, 5.41) is 0. The number of hydrogen-bond acceptors (Lipinski definition) is 2. The van der Waals surface area contributed by atoms with Crippen molar-refractivity contribution in [2.75, 3.05) is 0 Å². The van der Waals surface area contributed by atoms with Crippen molar-refractivity contribution in [3.8, 4) is 11.8 Å². The molecule has 0 fully saturated rings. The highest BCUT2D eigenvalue weighted by atomic mass is 16.6. The Labute approximate surface area is 90.3 Å². The fourth-order valence-corrected chi connectivity index (χ4v) is 1.44. The number of ether oxygens (including phenoxy) is 1. The molecule has 0 saturated heterocycles. The predicted octanol–water partition coefficient (Wildman–Crippen LogP) is 2.49. The van der Waals surface area contributed by atoms with Gasteiger partial charge in [0.05, 0.1) is 0 Å². The zero-order valence-corrected chi connectivity index (χ0v) is 9.20. The highest BCUT2D eigenvalue weighted by Crippen LogP contribution is 2.24. The highest BCUT2D eigenvalue weighted by molar-refractivity contribution is 5.67. The SMILES string of the molecule is CC#CC(C)(OC(C)=O)c1ccccc1. The minimum atomic E-state index is -0.845. The van der Waals surface area contributed by atoms with E-state index in [-0.39, 0.29) is 5.97 Å². The topological polar surface area (TPSA) is 26.3 Å². The van der Waals surface area contributed by atoms with Crippen molar-refractivity contribution in [1.29, 1.82) is 0 Å². The zero-order valence-electron chi connectivity index (χ0n) is 9.20. The van der Waals surface area contributed by atoms with Crippen molar-refractivity contribution in [3.05, 3.63) is 35.9 Å². The van der Waals surface area contributed by atoms with Crippen LogP contribution in [0.3, 0.4) is 0 Å². The van der Waals surface area contributed by atoms with Crippen LogP contribution in [0.25, 0.3) is 0 Å². The van der Waals surface area contributed by atoms with Gasteiger partial charge in [0.1, 0.15) is 0 Å². The Bertz CT molecular complexity index is 398. The number of esters is 1. The third-order valence-electron chi connectivity index (χ3n) is 2.04. The maximum Gasteiger partial charge on any atom is 0.304 e. The van der Waals surface area contributed by atoms with E-state index < -0.39 is 5.60 Å². The third kappa shape index (κ3) is 2.85. The lowest BCUT2D eigenvalue weighted by atomic mass is 9.96. The molecule has 1 aromatic carbocycles. The molecule has 0 bridgehead atoms. The molecular formula is C13H14O2. The number of carbonyl (C=O) groups excluding carboxylic acids is 1. The number of hydrogen-bond donors (Lipinski definition) is 0. The van der Waals surface area contributed by atoms with Crippen molar-refractivity contribution in [3.63, 3.8) is 0 Å². The summed E-state index contributed by atoms with van der Waals surface area (Å²) >= 11 is 0. The molecular weight excluding hydrogens is 188 g/mol. The van der Waals surface area contributed by atoms with Crippen molar-refractivity contribution in [2.24, 2.45) is 0 Å². The van der Waals surface area contributed by atoms with Gasteiger partial charge in [-0.2, -0.15) is 0 Å². The summed E-state index contributed by atoms with van der Waals surface area (Å²) < 4.78 is 5.25. The van der Waals surface area contributed by atoms with Gasteiger partial charge in [0.25, 0.3) is 0 Å². The molecule has 0 aromatic heterocycles. The lowest BCUT2D eigenvalue weighted by molar-refractivity contribution is -0.151. The van der Waals surface area contributed by atoms with Crippen molar-refractivity contribution in [1.82, 2.24) is 0 Å². The molecule has 0 saturated carbocycles. The Morgan fingerprint density at radius 1 is 1.33 bits per heavy atom. The second-order valence-corrected chi connectivity index (χ2v) is 3.37. The van der Waals surface area contributed by atoms with Gasteiger partial charge in [-0.05, 0) is 13.8 Å². The van der Waals surface area contributed by atoms with Gasteiger partial charge in [0.2, 0.25) is 0 Å². The van der Waals surface area contributed by atoms with Gasteiger partial charge in [0, 0.05) is 12.5 Å². The molecule has 0 aliphatic carbocycles. The molecule has 78 valence electrons. The predicted molar refractivity (Wildman–Crippen MR) is 59.0 cm³/mol. The number of rotatable bonds is 2. The van der Waals surface area contributed by atoms with Gasteiger partial charge in [-0.1, -0.05) is 36.3 Å². The van der Waals surface area contributed by atoms with Crippen LogP contribution in [0, 0.1) is 11.8 Å². The molecule has 0 aliphatic rings. The first-order chi connectivity index (χ1) is 7.08. The highest BCUT2D eigenvalue weighted by Gasteiger charge is 2.27. The van der Waals surface area contributed by atoms with Gasteiger partial charge in [-0.25, -0.2) is 0 Å². The second-order valence-electron chi connectivity index (χ2n) is 3.37. The average molecular weight is 202 g/mol. The molecule has 1 unspecified atom stereocenters. The number of carbonyl (C=O) groups is 1. The molecule has 2 nitrogen and oxygen atoms in total. The van der Waals surface area contributed by atoms with E-state index in [0.29, 0.717) is 0 Å². The summed E-state index contributed by atoms with van der Waals surface area (Å²) in [6.45, 7) is 4.91. The van der Waals surface area contributed by atoms with Gasteiger partial charge < -0.3 is 4.74 Å². The Kier molecular flexibility index (Phi) is 3.51. The van der Waals surface area contributed by atoms with E-state index in [1.165, 1.54) is 6.92 Å². The summed E-state index contributed by atoms with van der Waals surface area (Å²) in [5.74, 6) is 5.37. The van der Waals surface area contributed by atoms with Crippen LogP contribution in [0.15, 0.2) is 30.3 Å². The molecule has 2 heteroatoms. The molecule has 0 spiro atoms. The third-order valence-corrected chi connectivity index (χ3v) is 2.04. The number of benzene rings is 1. The van der Waals surface area contributed by atoms with Gasteiger partial charge in [-0.15, -0.1) is 5.92 Å². The lowest BCUT2D eigenvalue weighted by Gasteiger charge is -2.23. The Hall–Kier alpha value is -1.75. The summed E-state index contributed by atoms with van der Waals surface area (Å²) in [6, 6.07) is 9.50. The van der Waals surface area contributed by atoms with Crippen LogP contribution >= 0.6 is 0 Å². The molecule has 0 heterocycles. The van der Waals surface area contributed by atoms with E-state index in [9.17, 15) is 4.79 Å². The summed E-state index contributed by atoms with van der Waals surface area (Å²) in [6.07, 6.45) is 0. The fraction of sp³-hybridized carbons (Fsp3) is 0.308. The first-order valence-electron chi connectivity index (χ1n) is 4.77. The van der Waals surface area contributed by atoms with Crippen LogP contribution in [0.2, 0.25) is 0 Å². The quantitative estimate of drug-likeness (QED) is 0.544. The molecule has 1 atom stereocenters. The Balaban J connectivity index is 3.10. The summed E-state index contributed by atoms with van der Waals surface area (Å²) in [5.41, 5.74) is 0.0384. The van der Waals surface area contributed by atoms with Crippen LogP contribution in [-0.4, -0.2) is 5.97 Å². The standard InChI is InChI=1S/C13H14O2/c1-4-10-13(3,15-11(2)14)12-8-6-5-7-9-12/h5-9H,1-3H3. The smallest absolute Gasteiger partial charge is 0.304 e. The maximum absolute atomic E-state index is 11.0. The van der Waals surface area contributed by atoms with Crippen molar-refractivity contribution in [2.45, 2.75) is 26.4 Å². The largest absolute Gasteiger partial charge is 0.442 e. The first kappa shape index (κ1) is 11.3. The minimum Gasteiger partial charge on any atom is -0.442 e. The van der Waals surface area contributed by atoms with Crippen LogP contribution in [0.1, 0.15) is 26.3 Å². The van der Waals surface area contributed by atoms with E-state index in [1.54, 1.807) is 13.8 Å². The normalized spacial score (nSPS) is 13.3. The van der Waals surface area contributed by atoms with Crippen LogP contribution in [0.5, 0.6) is 0 Å². The van der Waals surface area contributed by atoms with E-state index in [0.717, 1.165) is 5.56 Å². The van der Waals surface area contributed by atoms with E-state index in [2.05, 4.69) is 11.8 Å². The van der Waals surface area contributed by atoms with Crippen LogP contribution in [-0.2, 0) is 15.1 Å². The Morgan fingerprint density at radius 2 is 1.93 bits per heavy atom. The molecule has 0 amide bonds. The average Bonchev–Trinajstić information content (AvgIpc) is 2.18. The molecule has 0 radical (unpaired) electrons. The Morgan fingerprint density at radius 3 is 2.40 bits per heavy atom. The van der Waals surface area contributed by atoms with Gasteiger partial charge in [-0.3, -0.25) is 4.79 Å². The maximum atomic E-state index is 11.0. The van der Waals surface area contributed by atoms with Crippen LogP contribution in [0.4, 0.5) is 0 Å². The lowest BCUT2D eigenvalue weighted by Crippen LogP contribution is -2.26. The fourth-order valence-electron chi connectivity index (χ4n) is 1.44. The van der Waals surface area contributed by atoms with Gasteiger partial charge in [0.15, 0.2) is 5.60 Å². The minimum absolute atomic E-state index is 0.330. The molecule has 0 aliphatic heterocycles. The summed E-state index contributed by atoms with van der Waals surface area (Å²) in [4.78, 5) is 11.0. The monoisotopic (exact) mass is 202 g/mol. The summed E-state index contributed by atoms with van der Waals surface area (Å²) in [7, 11) is 0. The molecule has 15 heavy (non-hydrogen) atoms. The van der Waals surface area contributed by atoms with Gasteiger partial charge >= 0.3 is 5.97 Å². The van der Waals surface area contributed by atoms with Crippen molar-refractivity contribution < 1.29 is 9.53 Å². The first-order valence-corrected chi connectivity index (χ1v) is 4.77. The second kappa shape index (κ2) is 4.65. The van der Waals surface area contributed by atoms with Crippen molar-refractivity contribution >= 4 is 5.97 Å². The molecule has 1 rings (SSSR count). The zero-order chi connectivity index (χ0) is 11.3. The van der Waals surface area contributed by atoms with E-state index in [1.807, 2.05) is 30.3 Å². The molecule has 1 aromatic rings. The molecule has 0 N–H and O–H groups in total.